The molecule has 0 aliphatic carbocycles. The van der Waals surface area contributed by atoms with E-state index in [9.17, 15) is 4.79 Å². The van der Waals surface area contributed by atoms with Crippen molar-refractivity contribution in [3.63, 3.8) is 0 Å². The van der Waals surface area contributed by atoms with E-state index in [1.165, 1.54) is 0 Å². The third-order valence-electron chi connectivity index (χ3n) is 4.40. The minimum atomic E-state index is 0.0429. The highest BCUT2D eigenvalue weighted by Gasteiger charge is 2.30. The molecule has 2 rings (SSSR count). The molecule has 0 aromatic heterocycles. The summed E-state index contributed by atoms with van der Waals surface area (Å²) in [6.45, 7) is 1.14. The monoisotopic (exact) mass is 322 g/mol. The van der Waals surface area contributed by atoms with Gasteiger partial charge in [-0.05, 0) is 30.5 Å². The molecule has 1 aliphatic heterocycles. The van der Waals surface area contributed by atoms with Crippen LogP contribution in [-0.2, 0) is 16.0 Å². The SMILES string of the molecule is COc1ccc(CC(=O)N2CCC(OC)CC2CN)cc1OC. The molecule has 1 aliphatic rings. The van der Waals surface area contributed by atoms with E-state index in [2.05, 4.69) is 0 Å². The summed E-state index contributed by atoms with van der Waals surface area (Å²) in [5.41, 5.74) is 6.74. The van der Waals surface area contributed by atoms with E-state index in [0.717, 1.165) is 18.4 Å². The first-order chi connectivity index (χ1) is 11.1. The maximum Gasteiger partial charge on any atom is 0.227 e. The Bertz CT molecular complexity index is 535. The van der Waals surface area contributed by atoms with Gasteiger partial charge in [0.2, 0.25) is 5.91 Å². The number of carbonyl (C=O) groups excluding carboxylic acids is 1. The standard InChI is InChI=1S/C17H26N2O4/c1-21-14-6-7-19(13(10-14)11-18)17(20)9-12-4-5-15(22-2)16(8-12)23-3/h4-5,8,13-14H,6-7,9-11,18H2,1-3H3. The van der Waals surface area contributed by atoms with Crippen molar-refractivity contribution in [1.82, 2.24) is 4.90 Å². The minimum absolute atomic E-state index is 0.0429. The molecule has 1 saturated heterocycles. The van der Waals surface area contributed by atoms with Crippen LogP contribution in [0.2, 0.25) is 0 Å². The quantitative estimate of drug-likeness (QED) is 0.852. The summed E-state index contributed by atoms with van der Waals surface area (Å²) in [5, 5.41) is 0. The van der Waals surface area contributed by atoms with Crippen LogP contribution in [0.25, 0.3) is 0 Å². The molecule has 0 bridgehead atoms. The molecule has 2 unspecified atom stereocenters. The number of rotatable bonds is 6. The number of amides is 1. The molecule has 2 atom stereocenters. The number of methoxy groups -OCH3 is 3. The zero-order chi connectivity index (χ0) is 16.8. The van der Waals surface area contributed by atoms with E-state index < -0.39 is 0 Å². The second-order valence-electron chi connectivity index (χ2n) is 5.72. The second-order valence-corrected chi connectivity index (χ2v) is 5.72. The number of likely N-dealkylation sites (tertiary alicyclic amines) is 1. The van der Waals surface area contributed by atoms with E-state index in [0.29, 0.717) is 31.0 Å². The van der Waals surface area contributed by atoms with Crippen LogP contribution >= 0.6 is 0 Å². The fraction of sp³-hybridized carbons (Fsp3) is 0.588. The summed E-state index contributed by atoms with van der Waals surface area (Å²) in [6, 6.07) is 5.59. The van der Waals surface area contributed by atoms with Crippen molar-refractivity contribution in [2.24, 2.45) is 5.73 Å². The van der Waals surface area contributed by atoms with Gasteiger partial charge < -0.3 is 24.8 Å². The molecular weight excluding hydrogens is 296 g/mol. The van der Waals surface area contributed by atoms with Crippen LogP contribution in [0.3, 0.4) is 0 Å². The largest absolute Gasteiger partial charge is 0.493 e. The number of nitrogens with zero attached hydrogens (tertiary/aromatic N) is 1. The maximum atomic E-state index is 12.6. The molecule has 1 aromatic rings. The number of piperidine rings is 1. The Morgan fingerprint density at radius 1 is 1.26 bits per heavy atom. The summed E-state index contributed by atoms with van der Waals surface area (Å²) in [7, 11) is 4.89. The molecule has 1 amide bonds. The number of hydrogen-bond donors (Lipinski definition) is 1. The van der Waals surface area contributed by atoms with E-state index in [-0.39, 0.29) is 18.1 Å². The van der Waals surface area contributed by atoms with E-state index in [1.54, 1.807) is 21.3 Å². The summed E-state index contributed by atoms with van der Waals surface area (Å²) in [6.07, 6.45) is 2.16. The van der Waals surface area contributed by atoms with Gasteiger partial charge in [0.15, 0.2) is 11.5 Å². The number of hydrogen-bond acceptors (Lipinski definition) is 5. The van der Waals surface area contributed by atoms with Crippen LogP contribution in [0.1, 0.15) is 18.4 Å². The average Bonchev–Trinajstić information content (AvgIpc) is 2.60. The maximum absolute atomic E-state index is 12.6. The van der Waals surface area contributed by atoms with E-state index >= 15 is 0 Å². The van der Waals surface area contributed by atoms with Crippen LogP contribution < -0.4 is 15.2 Å². The predicted molar refractivity (Wildman–Crippen MR) is 87.8 cm³/mol. The first-order valence-corrected chi connectivity index (χ1v) is 7.86. The van der Waals surface area contributed by atoms with Crippen molar-refractivity contribution in [3.05, 3.63) is 23.8 Å². The molecule has 0 saturated carbocycles. The van der Waals surface area contributed by atoms with Crippen molar-refractivity contribution in [2.45, 2.75) is 31.4 Å². The molecule has 128 valence electrons. The van der Waals surface area contributed by atoms with Gasteiger partial charge in [0, 0.05) is 26.2 Å². The Balaban J connectivity index is 2.06. The summed E-state index contributed by atoms with van der Waals surface area (Å²) in [4.78, 5) is 14.5. The zero-order valence-electron chi connectivity index (χ0n) is 14.1. The lowest BCUT2D eigenvalue weighted by atomic mass is 9.98. The van der Waals surface area contributed by atoms with Gasteiger partial charge in [-0.25, -0.2) is 0 Å². The topological polar surface area (TPSA) is 74.0 Å². The highest BCUT2D eigenvalue weighted by Crippen LogP contribution is 2.28. The Morgan fingerprint density at radius 3 is 2.61 bits per heavy atom. The van der Waals surface area contributed by atoms with E-state index in [4.69, 9.17) is 19.9 Å². The number of ether oxygens (including phenoxy) is 3. The lowest BCUT2D eigenvalue weighted by molar-refractivity contribution is -0.136. The van der Waals surface area contributed by atoms with Crippen LogP contribution in [0, 0.1) is 0 Å². The van der Waals surface area contributed by atoms with Gasteiger partial charge in [0.1, 0.15) is 0 Å². The number of nitrogens with two attached hydrogens (primary N) is 1. The second kappa shape index (κ2) is 8.17. The van der Waals surface area contributed by atoms with Gasteiger partial charge in [-0.1, -0.05) is 6.07 Å². The van der Waals surface area contributed by atoms with Gasteiger partial charge in [-0.2, -0.15) is 0 Å². The molecule has 1 aromatic carbocycles. The first-order valence-electron chi connectivity index (χ1n) is 7.86. The normalized spacial score (nSPS) is 21.1. The average molecular weight is 322 g/mol. The van der Waals surface area contributed by atoms with Crippen molar-refractivity contribution < 1.29 is 19.0 Å². The molecule has 1 heterocycles. The van der Waals surface area contributed by atoms with Crippen molar-refractivity contribution in [1.29, 1.82) is 0 Å². The van der Waals surface area contributed by atoms with E-state index in [1.807, 2.05) is 23.1 Å². The summed E-state index contributed by atoms with van der Waals surface area (Å²) >= 11 is 0. The highest BCUT2D eigenvalue weighted by molar-refractivity contribution is 5.79. The Hall–Kier alpha value is -1.79. The Kier molecular flexibility index (Phi) is 6.24. The van der Waals surface area contributed by atoms with Gasteiger partial charge >= 0.3 is 0 Å². The molecule has 0 spiro atoms. The van der Waals surface area contributed by atoms with Crippen molar-refractivity contribution >= 4 is 5.91 Å². The van der Waals surface area contributed by atoms with Crippen molar-refractivity contribution in [2.75, 3.05) is 34.4 Å². The number of carbonyl (C=O) groups is 1. The summed E-state index contributed by atoms with van der Waals surface area (Å²) < 4.78 is 15.9. The van der Waals surface area contributed by atoms with Gasteiger partial charge in [0.05, 0.1) is 26.7 Å². The van der Waals surface area contributed by atoms with Crippen LogP contribution in [0.4, 0.5) is 0 Å². The smallest absolute Gasteiger partial charge is 0.227 e. The Morgan fingerprint density at radius 2 is 2.00 bits per heavy atom. The first kappa shape index (κ1) is 17.6. The molecule has 6 nitrogen and oxygen atoms in total. The fourth-order valence-electron chi connectivity index (χ4n) is 3.05. The molecule has 1 fully saturated rings. The molecular formula is C17H26N2O4. The zero-order valence-corrected chi connectivity index (χ0v) is 14.1. The van der Waals surface area contributed by atoms with Crippen molar-refractivity contribution in [3.8, 4) is 11.5 Å². The minimum Gasteiger partial charge on any atom is -0.493 e. The molecule has 23 heavy (non-hydrogen) atoms. The third kappa shape index (κ3) is 4.14. The number of benzene rings is 1. The van der Waals surface area contributed by atoms with Crippen LogP contribution in [0.15, 0.2) is 18.2 Å². The highest BCUT2D eigenvalue weighted by atomic mass is 16.5. The molecule has 6 heteroatoms. The van der Waals surface area contributed by atoms with Crippen LogP contribution in [0.5, 0.6) is 11.5 Å². The molecule has 0 radical (unpaired) electrons. The van der Waals surface area contributed by atoms with Crippen LogP contribution in [-0.4, -0.2) is 57.4 Å². The lowest BCUT2D eigenvalue weighted by Gasteiger charge is -2.38. The Labute approximate surface area is 137 Å². The predicted octanol–water partition coefficient (Wildman–Crippen LogP) is 1.21. The van der Waals surface area contributed by atoms with Gasteiger partial charge in [-0.3, -0.25) is 4.79 Å². The lowest BCUT2D eigenvalue weighted by Crippen LogP contribution is -2.51. The third-order valence-corrected chi connectivity index (χ3v) is 4.40. The fourth-order valence-corrected chi connectivity index (χ4v) is 3.05. The van der Waals surface area contributed by atoms with Gasteiger partial charge in [0.25, 0.3) is 0 Å². The molecule has 2 N–H and O–H groups in total. The van der Waals surface area contributed by atoms with Gasteiger partial charge in [-0.15, -0.1) is 0 Å². The summed E-state index contributed by atoms with van der Waals surface area (Å²) in [5.74, 6) is 1.37.